The zero-order chi connectivity index (χ0) is 21.8. The van der Waals surface area contributed by atoms with Gasteiger partial charge in [0.25, 0.3) is 11.9 Å². The Labute approximate surface area is 184 Å². The minimum atomic E-state index is -0.469. The summed E-state index contributed by atoms with van der Waals surface area (Å²) in [5.74, 6) is -0.469. The van der Waals surface area contributed by atoms with Crippen LogP contribution in [0.4, 0.5) is 22.2 Å². The molecular weight excluding hydrogens is 424 g/mol. The molecule has 1 saturated heterocycles. The molecule has 4 rings (SSSR count). The number of hydrogen-bond donors (Lipinski definition) is 3. The molecule has 2 aliphatic rings. The standard InChI is InChI=1S/C20H25ClN6O4/c21-15-4-3-14(11-16(15)24-18(28)17-12-31-19(22)25-17)26-6-8-27(9-7-26)20(29)30-10-5-23-13-1-2-13/h3-4,11-13,23H,1-2,5-10H2,(H2,22,25)(H,24,28). The molecule has 2 aromatic rings. The van der Waals surface area contributed by atoms with Crippen molar-refractivity contribution in [1.82, 2.24) is 15.2 Å². The predicted molar refractivity (Wildman–Crippen MR) is 116 cm³/mol. The molecule has 4 N–H and O–H groups in total. The second-order valence-corrected chi connectivity index (χ2v) is 7.91. The minimum absolute atomic E-state index is 0.0680. The molecule has 1 aromatic heterocycles. The lowest BCUT2D eigenvalue weighted by Gasteiger charge is -2.35. The molecule has 2 heterocycles. The van der Waals surface area contributed by atoms with E-state index in [2.05, 4.69) is 20.5 Å². The number of halogens is 1. The topological polar surface area (TPSA) is 126 Å². The van der Waals surface area contributed by atoms with Crippen LogP contribution in [0, 0.1) is 0 Å². The number of carbonyl (C=O) groups excluding carboxylic acids is 2. The van der Waals surface area contributed by atoms with Crippen molar-refractivity contribution in [3.63, 3.8) is 0 Å². The SMILES string of the molecule is Nc1nc(C(=O)Nc2cc(N3CCN(C(=O)OCCNC4CC4)CC3)ccc2Cl)co1. The Hall–Kier alpha value is -2.98. The van der Waals surface area contributed by atoms with Gasteiger partial charge >= 0.3 is 6.09 Å². The van der Waals surface area contributed by atoms with E-state index in [0.717, 1.165) is 5.69 Å². The fourth-order valence-electron chi connectivity index (χ4n) is 3.31. The number of aromatic nitrogens is 1. The van der Waals surface area contributed by atoms with E-state index in [-0.39, 0.29) is 17.8 Å². The van der Waals surface area contributed by atoms with Crippen LogP contribution in [0.15, 0.2) is 28.9 Å². The van der Waals surface area contributed by atoms with Crippen LogP contribution in [-0.2, 0) is 4.74 Å². The molecule has 2 fully saturated rings. The Bertz CT molecular complexity index is 940. The number of carbonyl (C=O) groups is 2. The second-order valence-electron chi connectivity index (χ2n) is 7.51. The monoisotopic (exact) mass is 448 g/mol. The lowest BCUT2D eigenvalue weighted by molar-refractivity contribution is 0.100. The van der Waals surface area contributed by atoms with Crippen molar-refractivity contribution in [2.45, 2.75) is 18.9 Å². The summed E-state index contributed by atoms with van der Waals surface area (Å²) in [6.45, 7) is 3.47. The first-order chi connectivity index (χ1) is 15.0. The second kappa shape index (κ2) is 9.44. The zero-order valence-electron chi connectivity index (χ0n) is 17.0. The lowest BCUT2D eigenvalue weighted by atomic mass is 10.2. The highest BCUT2D eigenvalue weighted by Crippen LogP contribution is 2.29. The molecule has 2 amide bonds. The molecule has 11 heteroatoms. The van der Waals surface area contributed by atoms with Crippen LogP contribution >= 0.6 is 11.6 Å². The number of nitrogens with two attached hydrogens (primary N) is 1. The summed E-state index contributed by atoms with van der Waals surface area (Å²) >= 11 is 6.24. The average Bonchev–Trinajstić information content (AvgIpc) is 3.50. The third-order valence-corrected chi connectivity index (χ3v) is 5.52. The van der Waals surface area contributed by atoms with Crippen molar-refractivity contribution < 1.29 is 18.7 Å². The van der Waals surface area contributed by atoms with Crippen molar-refractivity contribution in [2.24, 2.45) is 0 Å². The van der Waals surface area contributed by atoms with Crippen LogP contribution in [-0.4, -0.2) is 67.3 Å². The molecule has 0 atom stereocenters. The first-order valence-electron chi connectivity index (χ1n) is 10.2. The zero-order valence-corrected chi connectivity index (χ0v) is 17.7. The summed E-state index contributed by atoms with van der Waals surface area (Å²) in [6, 6.07) is 5.91. The number of oxazole rings is 1. The van der Waals surface area contributed by atoms with E-state index in [4.69, 9.17) is 26.5 Å². The smallest absolute Gasteiger partial charge is 0.409 e. The third-order valence-electron chi connectivity index (χ3n) is 5.19. The normalized spacial score (nSPS) is 16.3. The highest BCUT2D eigenvalue weighted by Gasteiger charge is 2.24. The first-order valence-corrected chi connectivity index (χ1v) is 10.6. The number of anilines is 3. The Morgan fingerprint density at radius 1 is 1.26 bits per heavy atom. The molecule has 0 spiro atoms. The van der Waals surface area contributed by atoms with Gasteiger partial charge in [-0.2, -0.15) is 4.98 Å². The van der Waals surface area contributed by atoms with Crippen LogP contribution in [0.5, 0.6) is 0 Å². The van der Waals surface area contributed by atoms with E-state index in [1.807, 2.05) is 6.07 Å². The number of nitrogens with zero attached hydrogens (tertiary/aromatic N) is 3. The fraction of sp³-hybridized carbons (Fsp3) is 0.450. The summed E-state index contributed by atoms with van der Waals surface area (Å²) < 4.78 is 10.2. The Kier molecular flexibility index (Phi) is 6.47. The molecule has 0 unspecified atom stereocenters. The number of nitrogen functional groups attached to an aromatic ring is 1. The Morgan fingerprint density at radius 3 is 2.71 bits per heavy atom. The van der Waals surface area contributed by atoms with Gasteiger partial charge in [0.05, 0.1) is 10.7 Å². The maximum absolute atomic E-state index is 12.3. The number of amides is 2. The Balaban J connectivity index is 1.29. The van der Waals surface area contributed by atoms with Gasteiger partial charge in [-0.05, 0) is 31.0 Å². The van der Waals surface area contributed by atoms with Gasteiger partial charge in [0.1, 0.15) is 12.9 Å². The number of benzene rings is 1. The van der Waals surface area contributed by atoms with Gasteiger partial charge < -0.3 is 35.3 Å². The van der Waals surface area contributed by atoms with Crippen molar-refractivity contribution >= 4 is 41.0 Å². The van der Waals surface area contributed by atoms with E-state index >= 15 is 0 Å². The number of nitrogens with one attached hydrogen (secondary N) is 2. The summed E-state index contributed by atoms with van der Waals surface area (Å²) in [5.41, 5.74) is 6.82. The minimum Gasteiger partial charge on any atom is -0.448 e. The Morgan fingerprint density at radius 2 is 2.03 bits per heavy atom. The summed E-state index contributed by atoms with van der Waals surface area (Å²) in [7, 11) is 0. The average molecular weight is 449 g/mol. The summed E-state index contributed by atoms with van der Waals surface area (Å²) in [5, 5.41) is 6.44. The van der Waals surface area contributed by atoms with Gasteiger partial charge in [0.15, 0.2) is 5.69 Å². The van der Waals surface area contributed by atoms with Crippen LogP contribution in [0.1, 0.15) is 23.3 Å². The van der Waals surface area contributed by atoms with Crippen molar-refractivity contribution in [3.05, 3.63) is 35.2 Å². The maximum Gasteiger partial charge on any atom is 0.409 e. The van der Waals surface area contributed by atoms with Gasteiger partial charge in [-0.1, -0.05) is 11.6 Å². The van der Waals surface area contributed by atoms with Gasteiger partial charge in [0.2, 0.25) is 0 Å². The largest absolute Gasteiger partial charge is 0.448 e. The van der Waals surface area contributed by atoms with E-state index in [1.165, 1.54) is 19.1 Å². The van der Waals surface area contributed by atoms with Gasteiger partial charge in [-0.25, -0.2) is 4.79 Å². The molecule has 1 aliphatic heterocycles. The molecule has 1 aromatic carbocycles. The third kappa shape index (κ3) is 5.59. The summed E-state index contributed by atoms with van der Waals surface area (Å²) in [6.07, 6.45) is 3.32. The molecular formula is C20H25ClN6O4. The molecule has 1 saturated carbocycles. The van der Waals surface area contributed by atoms with Gasteiger partial charge in [-0.15, -0.1) is 0 Å². The molecule has 1 aliphatic carbocycles. The molecule has 10 nitrogen and oxygen atoms in total. The lowest BCUT2D eigenvalue weighted by Crippen LogP contribution is -2.49. The predicted octanol–water partition coefficient (Wildman–Crippen LogP) is 2.17. The van der Waals surface area contributed by atoms with Crippen LogP contribution < -0.4 is 21.3 Å². The summed E-state index contributed by atoms with van der Waals surface area (Å²) in [4.78, 5) is 32.2. The highest BCUT2D eigenvalue weighted by atomic mass is 35.5. The van der Waals surface area contributed by atoms with E-state index in [9.17, 15) is 9.59 Å². The van der Waals surface area contributed by atoms with Gasteiger partial charge in [0, 0.05) is 44.5 Å². The van der Waals surface area contributed by atoms with Crippen molar-refractivity contribution in [2.75, 3.05) is 55.3 Å². The number of rotatable bonds is 7. The van der Waals surface area contributed by atoms with Gasteiger partial charge in [-0.3, -0.25) is 4.79 Å². The molecule has 31 heavy (non-hydrogen) atoms. The molecule has 166 valence electrons. The highest BCUT2D eigenvalue weighted by molar-refractivity contribution is 6.34. The van der Waals surface area contributed by atoms with E-state index in [1.54, 1.807) is 17.0 Å². The maximum atomic E-state index is 12.3. The van der Waals surface area contributed by atoms with Crippen LogP contribution in [0.3, 0.4) is 0 Å². The van der Waals surface area contributed by atoms with E-state index < -0.39 is 5.91 Å². The van der Waals surface area contributed by atoms with Crippen LogP contribution in [0.25, 0.3) is 0 Å². The van der Waals surface area contributed by atoms with E-state index in [0.29, 0.717) is 56.1 Å². The quantitative estimate of drug-likeness (QED) is 0.550. The van der Waals surface area contributed by atoms with Crippen molar-refractivity contribution in [1.29, 1.82) is 0 Å². The first kappa shape index (κ1) is 21.3. The number of ether oxygens (including phenoxy) is 1. The molecule has 0 radical (unpaired) electrons. The number of piperazine rings is 1. The van der Waals surface area contributed by atoms with Crippen molar-refractivity contribution in [3.8, 4) is 0 Å². The fourth-order valence-corrected chi connectivity index (χ4v) is 3.48. The van der Waals surface area contributed by atoms with Crippen LogP contribution in [0.2, 0.25) is 5.02 Å². The molecule has 0 bridgehead atoms. The number of hydrogen-bond acceptors (Lipinski definition) is 8.